The van der Waals surface area contributed by atoms with E-state index in [9.17, 15) is 9.00 Å². The Bertz CT molecular complexity index is 528. The Hall–Kier alpha value is -1.43. The van der Waals surface area contributed by atoms with Crippen LogP contribution in [0.25, 0.3) is 0 Å². The Morgan fingerprint density at radius 1 is 1.50 bits per heavy atom. The first-order valence-corrected chi connectivity index (χ1v) is 9.07. The van der Waals surface area contributed by atoms with Crippen molar-refractivity contribution in [2.24, 2.45) is 0 Å². The van der Waals surface area contributed by atoms with E-state index in [0.717, 1.165) is 18.4 Å². The summed E-state index contributed by atoms with van der Waals surface area (Å²) >= 11 is 0. The maximum Gasteiger partial charge on any atom is 0.410 e. The van der Waals surface area contributed by atoms with Crippen LogP contribution in [0, 0.1) is 0 Å². The van der Waals surface area contributed by atoms with Crippen molar-refractivity contribution in [2.75, 3.05) is 12.3 Å². The van der Waals surface area contributed by atoms with Gasteiger partial charge in [-0.05, 0) is 45.2 Å². The summed E-state index contributed by atoms with van der Waals surface area (Å²) in [6.07, 6.45) is 4.96. The van der Waals surface area contributed by atoms with Crippen LogP contribution in [0.3, 0.4) is 0 Å². The summed E-state index contributed by atoms with van der Waals surface area (Å²) < 4.78 is 17.8. The van der Waals surface area contributed by atoms with Crippen LogP contribution in [0.1, 0.15) is 39.2 Å². The van der Waals surface area contributed by atoms with Crippen LogP contribution in [-0.2, 0) is 21.3 Å². The number of carbonyl (C=O) groups is 1. The van der Waals surface area contributed by atoms with Gasteiger partial charge in [-0.25, -0.2) is 4.79 Å². The lowest BCUT2D eigenvalue weighted by molar-refractivity contribution is 0.0241. The second-order valence-corrected chi connectivity index (χ2v) is 8.08. The molecule has 0 spiro atoms. The molecule has 1 aliphatic rings. The van der Waals surface area contributed by atoms with Crippen molar-refractivity contribution in [3.05, 3.63) is 30.1 Å². The van der Waals surface area contributed by atoms with Gasteiger partial charge in [0.15, 0.2) is 0 Å². The zero-order valence-electron chi connectivity index (χ0n) is 13.4. The largest absolute Gasteiger partial charge is 0.444 e. The first kappa shape index (κ1) is 16.9. The van der Waals surface area contributed by atoms with Gasteiger partial charge in [0.05, 0.1) is 5.75 Å². The third-order valence-electron chi connectivity index (χ3n) is 3.43. The van der Waals surface area contributed by atoms with Crippen LogP contribution in [0.4, 0.5) is 4.79 Å². The number of likely N-dealkylation sites (tertiary alicyclic amines) is 1. The fourth-order valence-electron chi connectivity index (χ4n) is 2.51. The molecule has 0 radical (unpaired) electrons. The van der Waals surface area contributed by atoms with E-state index in [1.165, 1.54) is 0 Å². The summed E-state index contributed by atoms with van der Waals surface area (Å²) in [5.74, 6) is 0.973. The van der Waals surface area contributed by atoms with E-state index < -0.39 is 16.4 Å². The molecule has 1 fully saturated rings. The molecule has 1 aromatic rings. The van der Waals surface area contributed by atoms with E-state index >= 15 is 0 Å². The Morgan fingerprint density at radius 2 is 2.27 bits per heavy atom. The number of aromatic nitrogens is 1. The third kappa shape index (κ3) is 5.09. The Labute approximate surface area is 134 Å². The maximum absolute atomic E-state index is 12.3. The van der Waals surface area contributed by atoms with E-state index in [4.69, 9.17) is 4.74 Å². The minimum atomic E-state index is -1.01. The fraction of sp³-hybridized carbons (Fsp3) is 0.625. The van der Waals surface area contributed by atoms with Gasteiger partial charge in [-0.1, -0.05) is 6.07 Å². The average Bonchev–Trinajstić information content (AvgIpc) is 2.86. The highest BCUT2D eigenvalue weighted by Gasteiger charge is 2.33. The average molecular weight is 324 g/mol. The van der Waals surface area contributed by atoms with Gasteiger partial charge < -0.3 is 9.64 Å². The zero-order chi connectivity index (χ0) is 16.2. The van der Waals surface area contributed by atoms with Crippen molar-refractivity contribution >= 4 is 16.9 Å². The highest BCUT2D eigenvalue weighted by molar-refractivity contribution is 7.84. The van der Waals surface area contributed by atoms with Crippen LogP contribution in [-0.4, -0.2) is 44.1 Å². The number of hydrogen-bond acceptors (Lipinski definition) is 4. The van der Waals surface area contributed by atoms with Crippen LogP contribution in [0.15, 0.2) is 24.5 Å². The molecule has 122 valence electrons. The molecule has 0 aliphatic carbocycles. The smallest absolute Gasteiger partial charge is 0.410 e. The van der Waals surface area contributed by atoms with Crippen molar-refractivity contribution in [3.63, 3.8) is 0 Å². The molecule has 1 aliphatic heterocycles. The van der Waals surface area contributed by atoms with Gasteiger partial charge >= 0.3 is 6.09 Å². The van der Waals surface area contributed by atoms with Crippen LogP contribution < -0.4 is 0 Å². The van der Waals surface area contributed by atoms with Crippen LogP contribution in [0.5, 0.6) is 0 Å². The molecule has 1 saturated heterocycles. The molecule has 0 saturated carbocycles. The quantitative estimate of drug-likeness (QED) is 0.854. The second kappa shape index (κ2) is 7.22. The molecule has 2 atom stereocenters. The predicted molar refractivity (Wildman–Crippen MR) is 86.9 cm³/mol. The monoisotopic (exact) mass is 324 g/mol. The lowest BCUT2D eigenvalue weighted by Gasteiger charge is -2.28. The van der Waals surface area contributed by atoms with E-state index in [-0.39, 0.29) is 12.1 Å². The van der Waals surface area contributed by atoms with Gasteiger partial charge in [0.25, 0.3) is 0 Å². The van der Waals surface area contributed by atoms with Gasteiger partial charge in [0.2, 0.25) is 0 Å². The molecular weight excluding hydrogens is 300 g/mol. The van der Waals surface area contributed by atoms with E-state index in [0.29, 0.717) is 18.1 Å². The summed E-state index contributed by atoms with van der Waals surface area (Å²) in [5, 5.41) is 0. The Kier molecular flexibility index (Phi) is 5.56. The zero-order valence-corrected chi connectivity index (χ0v) is 14.3. The minimum Gasteiger partial charge on any atom is -0.444 e. The van der Waals surface area contributed by atoms with Crippen molar-refractivity contribution in [3.8, 4) is 0 Å². The van der Waals surface area contributed by atoms with Crippen molar-refractivity contribution in [1.29, 1.82) is 0 Å². The summed E-state index contributed by atoms with van der Waals surface area (Å²) in [5.41, 5.74) is 0.460. The lowest BCUT2D eigenvalue weighted by Crippen LogP contribution is -2.42. The topological polar surface area (TPSA) is 59.5 Å². The van der Waals surface area contributed by atoms with Gasteiger partial charge in [0, 0.05) is 41.5 Å². The highest BCUT2D eigenvalue weighted by Crippen LogP contribution is 2.22. The second-order valence-electron chi connectivity index (χ2n) is 6.58. The lowest BCUT2D eigenvalue weighted by atomic mass is 10.2. The number of rotatable bonds is 4. The molecule has 2 heterocycles. The number of ether oxygens (including phenoxy) is 1. The molecule has 6 heteroatoms. The number of hydrogen-bond donors (Lipinski definition) is 0. The predicted octanol–water partition coefficient (Wildman–Crippen LogP) is 2.73. The fourth-order valence-corrected chi connectivity index (χ4v) is 3.95. The number of carbonyl (C=O) groups excluding carboxylic acids is 1. The standard InChI is InChI=1S/C16H24N2O3S/c1-16(2,3)21-15(19)18-9-5-7-14(18)12-22(20)11-13-6-4-8-17-10-13/h4,6,8,10,14H,5,7,9,11-12H2,1-3H3/t14-,22+/m1/s1. The summed E-state index contributed by atoms with van der Waals surface area (Å²) in [6.45, 7) is 6.26. The first-order valence-electron chi connectivity index (χ1n) is 7.58. The molecule has 0 unspecified atom stereocenters. The van der Waals surface area contributed by atoms with Gasteiger partial charge in [-0.3, -0.25) is 9.19 Å². The molecule has 2 rings (SSSR count). The van der Waals surface area contributed by atoms with E-state index in [1.54, 1.807) is 17.3 Å². The van der Waals surface area contributed by atoms with Crippen LogP contribution in [0.2, 0.25) is 0 Å². The number of nitrogens with zero attached hydrogens (tertiary/aromatic N) is 2. The van der Waals surface area contributed by atoms with E-state index in [2.05, 4.69) is 4.98 Å². The molecule has 1 aromatic heterocycles. The molecule has 0 aromatic carbocycles. The molecule has 0 bridgehead atoms. The SMILES string of the molecule is CC(C)(C)OC(=O)N1CCC[C@@H]1C[S@@](=O)Cc1cccnc1. The normalized spacial score (nSPS) is 20.0. The number of pyridine rings is 1. The first-order chi connectivity index (χ1) is 10.3. The van der Waals surface area contributed by atoms with Gasteiger partial charge in [-0.15, -0.1) is 0 Å². The minimum absolute atomic E-state index is 0.00681. The van der Waals surface area contributed by atoms with Crippen molar-refractivity contribution in [2.45, 2.75) is 51.0 Å². The van der Waals surface area contributed by atoms with Crippen LogP contribution >= 0.6 is 0 Å². The summed E-state index contributed by atoms with van der Waals surface area (Å²) in [6, 6.07) is 3.77. The molecule has 5 nitrogen and oxygen atoms in total. The Morgan fingerprint density at radius 3 is 2.91 bits per heavy atom. The third-order valence-corrected chi connectivity index (χ3v) is 4.85. The van der Waals surface area contributed by atoms with Crippen molar-refractivity contribution in [1.82, 2.24) is 9.88 Å². The van der Waals surface area contributed by atoms with E-state index in [1.807, 2.05) is 32.9 Å². The molecule has 22 heavy (non-hydrogen) atoms. The molecular formula is C16H24N2O3S. The highest BCUT2D eigenvalue weighted by atomic mass is 32.2. The molecule has 1 amide bonds. The maximum atomic E-state index is 12.3. The number of amides is 1. The van der Waals surface area contributed by atoms with Gasteiger partial charge in [0.1, 0.15) is 5.60 Å². The summed E-state index contributed by atoms with van der Waals surface area (Å²) in [4.78, 5) is 18.0. The summed E-state index contributed by atoms with van der Waals surface area (Å²) in [7, 11) is -1.01. The Balaban J connectivity index is 1.91. The van der Waals surface area contributed by atoms with Gasteiger partial charge in [-0.2, -0.15) is 0 Å². The molecule has 0 N–H and O–H groups in total. The van der Waals surface area contributed by atoms with Crippen molar-refractivity contribution < 1.29 is 13.7 Å².